The highest BCUT2D eigenvalue weighted by Gasteiger charge is 2.31. The van der Waals surface area contributed by atoms with Crippen molar-refractivity contribution in [3.8, 4) is 0 Å². The molecule has 0 bridgehead atoms. The van der Waals surface area contributed by atoms with Crippen molar-refractivity contribution < 1.29 is 24.5 Å². The summed E-state index contributed by atoms with van der Waals surface area (Å²) < 4.78 is 5.61. The number of carbonyl (C=O) groups is 1. The van der Waals surface area contributed by atoms with E-state index in [-0.39, 0.29) is 12.1 Å². The number of aliphatic hydroxyl groups excluding tert-OH is 2. The van der Waals surface area contributed by atoms with Crippen LogP contribution >= 0.6 is 0 Å². The van der Waals surface area contributed by atoms with Crippen LogP contribution in [0, 0.1) is 0 Å². The van der Waals surface area contributed by atoms with Crippen molar-refractivity contribution in [3.05, 3.63) is 35.6 Å². The van der Waals surface area contributed by atoms with Crippen LogP contribution in [0.15, 0.2) is 28.7 Å². The SMILES string of the molecule is O=C(O)c1c(CN2CC(O)C(O)C2)oc2ccccc12. The summed E-state index contributed by atoms with van der Waals surface area (Å²) in [6.45, 7) is 0.860. The van der Waals surface area contributed by atoms with E-state index in [2.05, 4.69) is 0 Å². The van der Waals surface area contributed by atoms with E-state index in [4.69, 9.17) is 4.42 Å². The van der Waals surface area contributed by atoms with Gasteiger partial charge < -0.3 is 19.7 Å². The highest BCUT2D eigenvalue weighted by molar-refractivity contribution is 6.03. The summed E-state index contributed by atoms with van der Waals surface area (Å²) >= 11 is 0. The Morgan fingerprint density at radius 2 is 1.90 bits per heavy atom. The van der Waals surface area contributed by atoms with Crippen LogP contribution < -0.4 is 0 Å². The number of hydrogen-bond acceptors (Lipinski definition) is 5. The zero-order valence-corrected chi connectivity index (χ0v) is 10.7. The molecule has 106 valence electrons. The largest absolute Gasteiger partial charge is 0.478 e. The van der Waals surface area contributed by atoms with Crippen LogP contribution in [0.1, 0.15) is 16.1 Å². The Labute approximate surface area is 114 Å². The van der Waals surface area contributed by atoms with Gasteiger partial charge >= 0.3 is 5.97 Å². The van der Waals surface area contributed by atoms with Crippen molar-refractivity contribution in [3.63, 3.8) is 0 Å². The average Bonchev–Trinajstić information content (AvgIpc) is 2.90. The average molecular weight is 277 g/mol. The number of β-amino-alcohol motifs (C(OH)–C–C–N with tert-alkyl or cyclic N) is 2. The third-order valence-electron chi connectivity index (χ3n) is 3.58. The molecule has 1 aliphatic rings. The number of carboxylic acids is 1. The van der Waals surface area contributed by atoms with Crippen molar-refractivity contribution in [2.45, 2.75) is 18.8 Å². The second-order valence-electron chi connectivity index (χ2n) is 5.03. The minimum atomic E-state index is -1.04. The predicted octanol–water partition coefficient (Wildman–Crippen LogP) is 0.668. The summed E-state index contributed by atoms with van der Waals surface area (Å²) in [5, 5.41) is 29.0. The van der Waals surface area contributed by atoms with E-state index in [0.29, 0.717) is 29.8 Å². The standard InChI is InChI=1S/C14H15NO5/c16-9-5-15(6-10(9)17)7-12-13(14(18)19)8-3-1-2-4-11(8)20-12/h1-4,9-10,16-17H,5-7H2,(H,18,19). The van der Waals surface area contributed by atoms with E-state index < -0.39 is 18.2 Å². The van der Waals surface area contributed by atoms with E-state index in [0.717, 1.165) is 0 Å². The summed E-state index contributed by atoms with van der Waals surface area (Å²) in [5.74, 6) is -0.690. The Kier molecular flexibility index (Phi) is 3.21. The molecule has 0 saturated carbocycles. The molecular formula is C14H15NO5. The molecule has 1 aromatic carbocycles. The second kappa shape index (κ2) is 4.90. The second-order valence-corrected chi connectivity index (χ2v) is 5.03. The van der Waals surface area contributed by atoms with Gasteiger partial charge in [-0.1, -0.05) is 18.2 Å². The van der Waals surface area contributed by atoms with Gasteiger partial charge in [0, 0.05) is 18.5 Å². The zero-order chi connectivity index (χ0) is 14.3. The lowest BCUT2D eigenvalue weighted by molar-refractivity contribution is 0.0572. The lowest BCUT2D eigenvalue weighted by Gasteiger charge is -2.12. The molecule has 1 aliphatic heterocycles. The lowest BCUT2D eigenvalue weighted by Crippen LogP contribution is -2.22. The first-order valence-electron chi connectivity index (χ1n) is 6.38. The number of para-hydroxylation sites is 1. The summed E-state index contributed by atoms with van der Waals surface area (Å²) in [7, 11) is 0. The molecule has 1 saturated heterocycles. The number of benzene rings is 1. The Bertz CT molecular complexity index is 640. The van der Waals surface area contributed by atoms with E-state index in [1.165, 1.54) is 0 Å². The van der Waals surface area contributed by atoms with Gasteiger partial charge in [-0.05, 0) is 6.07 Å². The number of likely N-dealkylation sites (tertiary alicyclic amines) is 1. The van der Waals surface area contributed by atoms with Gasteiger partial charge in [0.2, 0.25) is 0 Å². The molecule has 2 unspecified atom stereocenters. The fourth-order valence-corrected chi connectivity index (χ4v) is 2.62. The highest BCUT2D eigenvalue weighted by atomic mass is 16.4. The summed E-state index contributed by atoms with van der Waals surface area (Å²) in [6, 6.07) is 6.97. The van der Waals surface area contributed by atoms with Gasteiger partial charge in [-0.25, -0.2) is 4.79 Å². The monoisotopic (exact) mass is 277 g/mol. The van der Waals surface area contributed by atoms with Crippen LogP contribution in [-0.4, -0.2) is 51.5 Å². The van der Waals surface area contributed by atoms with Crippen LogP contribution in [0.25, 0.3) is 11.0 Å². The molecule has 1 fully saturated rings. The fourth-order valence-electron chi connectivity index (χ4n) is 2.62. The van der Waals surface area contributed by atoms with E-state index in [1.54, 1.807) is 29.2 Å². The number of hydrogen-bond donors (Lipinski definition) is 3. The smallest absolute Gasteiger partial charge is 0.339 e. The third-order valence-corrected chi connectivity index (χ3v) is 3.58. The first-order chi connectivity index (χ1) is 9.56. The van der Waals surface area contributed by atoms with Gasteiger partial charge in [0.05, 0.1) is 18.8 Å². The number of aromatic carboxylic acids is 1. The molecule has 3 rings (SSSR count). The van der Waals surface area contributed by atoms with Crippen molar-refractivity contribution >= 4 is 16.9 Å². The molecule has 0 radical (unpaired) electrons. The molecule has 1 aromatic heterocycles. The first-order valence-corrected chi connectivity index (χ1v) is 6.38. The number of rotatable bonds is 3. The Morgan fingerprint density at radius 3 is 2.55 bits per heavy atom. The van der Waals surface area contributed by atoms with E-state index >= 15 is 0 Å². The summed E-state index contributed by atoms with van der Waals surface area (Å²) in [5.41, 5.74) is 0.677. The normalized spacial score (nSPS) is 23.5. The molecule has 6 heteroatoms. The van der Waals surface area contributed by atoms with Crippen LogP contribution in [0.4, 0.5) is 0 Å². The van der Waals surface area contributed by atoms with Gasteiger partial charge in [-0.3, -0.25) is 4.90 Å². The molecule has 2 aromatic rings. The van der Waals surface area contributed by atoms with Gasteiger partial charge in [0.15, 0.2) is 0 Å². The summed E-state index contributed by atoms with van der Waals surface area (Å²) in [4.78, 5) is 13.2. The zero-order valence-electron chi connectivity index (χ0n) is 10.7. The van der Waals surface area contributed by atoms with Gasteiger partial charge in [0.1, 0.15) is 16.9 Å². The molecule has 0 spiro atoms. The molecule has 2 atom stereocenters. The number of furan rings is 1. The number of carboxylic acid groups (broad SMARTS) is 1. The van der Waals surface area contributed by atoms with Crippen LogP contribution in [0.3, 0.4) is 0 Å². The van der Waals surface area contributed by atoms with Gasteiger partial charge in [-0.15, -0.1) is 0 Å². The Balaban J connectivity index is 1.95. The Hall–Kier alpha value is -1.89. The van der Waals surface area contributed by atoms with Crippen molar-refractivity contribution in [2.24, 2.45) is 0 Å². The molecule has 6 nitrogen and oxygen atoms in total. The minimum absolute atomic E-state index is 0.150. The van der Waals surface area contributed by atoms with Crippen LogP contribution in [0.2, 0.25) is 0 Å². The van der Waals surface area contributed by atoms with Crippen molar-refractivity contribution in [1.82, 2.24) is 4.90 Å². The van der Waals surface area contributed by atoms with E-state index in [1.807, 2.05) is 0 Å². The lowest BCUT2D eigenvalue weighted by atomic mass is 10.1. The fraction of sp³-hybridized carbons (Fsp3) is 0.357. The topological polar surface area (TPSA) is 94.1 Å². The quantitative estimate of drug-likeness (QED) is 0.763. The maximum atomic E-state index is 11.4. The third kappa shape index (κ3) is 2.18. The van der Waals surface area contributed by atoms with Crippen LogP contribution in [0.5, 0.6) is 0 Å². The van der Waals surface area contributed by atoms with Crippen LogP contribution in [-0.2, 0) is 6.54 Å². The molecule has 0 amide bonds. The van der Waals surface area contributed by atoms with Crippen molar-refractivity contribution in [2.75, 3.05) is 13.1 Å². The number of aliphatic hydroxyl groups is 2. The van der Waals surface area contributed by atoms with E-state index in [9.17, 15) is 20.1 Å². The minimum Gasteiger partial charge on any atom is -0.478 e. The number of fused-ring (bicyclic) bond motifs is 1. The highest BCUT2D eigenvalue weighted by Crippen LogP contribution is 2.27. The molecular weight excluding hydrogens is 262 g/mol. The summed E-state index contributed by atoms with van der Waals surface area (Å²) in [6.07, 6.45) is -1.60. The van der Waals surface area contributed by atoms with Gasteiger partial charge in [0.25, 0.3) is 0 Å². The molecule has 0 aliphatic carbocycles. The van der Waals surface area contributed by atoms with Crippen molar-refractivity contribution in [1.29, 1.82) is 0 Å². The Morgan fingerprint density at radius 1 is 1.25 bits per heavy atom. The first kappa shape index (κ1) is 13.1. The molecule has 20 heavy (non-hydrogen) atoms. The molecule has 3 N–H and O–H groups in total. The maximum Gasteiger partial charge on any atom is 0.339 e. The predicted molar refractivity (Wildman–Crippen MR) is 70.5 cm³/mol. The maximum absolute atomic E-state index is 11.4. The molecule has 2 heterocycles. The van der Waals surface area contributed by atoms with Gasteiger partial charge in [-0.2, -0.15) is 0 Å². The number of nitrogens with zero attached hydrogens (tertiary/aromatic N) is 1.